The average Bonchev–Trinajstić information content (AvgIpc) is 2.60. The van der Waals surface area contributed by atoms with Gasteiger partial charge in [0.2, 0.25) is 5.43 Å². The van der Waals surface area contributed by atoms with E-state index in [1.54, 1.807) is 0 Å². The highest BCUT2D eigenvalue weighted by atomic mass is 16.1. The van der Waals surface area contributed by atoms with E-state index in [0.29, 0.717) is 5.39 Å². The number of fused-ring (bicyclic) bond motifs is 3. The van der Waals surface area contributed by atoms with Crippen LogP contribution in [0.1, 0.15) is 13.8 Å². The van der Waals surface area contributed by atoms with E-state index in [1.807, 2.05) is 62.4 Å². The molecule has 0 saturated heterocycles. The van der Waals surface area contributed by atoms with Crippen molar-refractivity contribution in [3.63, 3.8) is 0 Å². The maximum Gasteiger partial charge on any atom is 0.236 e. The second-order valence-corrected chi connectivity index (χ2v) is 3.67. The van der Waals surface area contributed by atoms with Crippen LogP contribution in [0.3, 0.4) is 0 Å². The van der Waals surface area contributed by atoms with Crippen molar-refractivity contribution in [2.75, 3.05) is 0 Å². The van der Waals surface area contributed by atoms with Crippen molar-refractivity contribution in [1.29, 1.82) is 0 Å². The summed E-state index contributed by atoms with van der Waals surface area (Å²) in [5.74, 6) is 0. The molecule has 0 fully saturated rings. The number of hydrogen-bond donors (Lipinski definition) is 0. The third-order valence-electron chi connectivity index (χ3n) is 2.70. The van der Waals surface area contributed by atoms with Crippen LogP contribution >= 0.6 is 0 Å². The Hall–Kier alpha value is -2.33. The number of hydrogen-bond acceptors (Lipinski definition) is 1. The molecule has 0 aliphatic heterocycles. The average molecular weight is 234 g/mol. The first-order valence-corrected chi connectivity index (χ1v) is 6.11. The Morgan fingerprint density at radius 3 is 2.00 bits per heavy atom. The summed E-state index contributed by atoms with van der Waals surface area (Å²) < 4.78 is 0. The Kier molecular flexibility index (Phi) is 3.60. The predicted molar refractivity (Wildman–Crippen MR) is 76.7 cm³/mol. The zero-order valence-electron chi connectivity index (χ0n) is 10.5. The van der Waals surface area contributed by atoms with Crippen LogP contribution in [0, 0.1) is 12.1 Å². The molecule has 0 unspecified atom stereocenters. The molecule has 0 amide bonds. The van der Waals surface area contributed by atoms with Crippen LogP contribution in [0.5, 0.6) is 0 Å². The molecule has 1 heteroatoms. The fourth-order valence-corrected chi connectivity index (χ4v) is 1.93. The van der Waals surface area contributed by atoms with Gasteiger partial charge in [0.05, 0.1) is 0 Å². The van der Waals surface area contributed by atoms with Gasteiger partial charge in [-0.05, 0) is 29.0 Å². The van der Waals surface area contributed by atoms with Crippen molar-refractivity contribution in [1.82, 2.24) is 0 Å². The minimum absolute atomic E-state index is 0.105. The highest BCUT2D eigenvalue weighted by Crippen LogP contribution is 2.19. The van der Waals surface area contributed by atoms with Crippen LogP contribution in [0.25, 0.3) is 21.5 Å². The first-order chi connectivity index (χ1) is 8.86. The predicted octanol–water partition coefficient (Wildman–Crippen LogP) is 3.98. The Bertz CT molecular complexity index is 729. The second kappa shape index (κ2) is 5.33. The zero-order chi connectivity index (χ0) is 13.0. The summed E-state index contributed by atoms with van der Waals surface area (Å²) in [6.07, 6.45) is 0. The fraction of sp³-hybridized carbons (Fsp3) is 0.118. The van der Waals surface area contributed by atoms with Crippen molar-refractivity contribution < 1.29 is 0 Å². The molecular formula is C17H14O. The van der Waals surface area contributed by atoms with Gasteiger partial charge in [-0.25, -0.2) is 0 Å². The van der Waals surface area contributed by atoms with Gasteiger partial charge < -0.3 is 0 Å². The van der Waals surface area contributed by atoms with Crippen molar-refractivity contribution in [3.8, 4) is 0 Å². The van der Waals surface area contributed by atoms with Crippen LogP contribution in [-0.2, 0) is 0 Å². The monoisotopic (exact) mass is 234 g/mol. The van der Waals surface area contributed by atoms with Gasteiger partial charge >= 0.3 is 0 Å². The van der Waals surface area contributed by atoms with Crippen LogP contribution in [0.4, 0.5) is 0 Å². The molecule has 0 aliphatic carbocycles. The normalized spacial score (nSPS) is 9.44. The highest BCUT2D eigenvalue weighted by molar-refractivity contribution is 6.04. The van der Waals surface area contributed by atoms with E-state index in [9.17, 15) is 4.79 Å². The summed E-state index contributed by atoms with van der Waals surface area (Å²) in [7, 11) is 0. The van der Waals surface area contributed by atoms with Gasteiger partial charge in [-0.1, -0.05) is 56.3 Å². The van der Waals surface area contributed by atoms with Gasteiger partial charge in [0, 0.05) is 10.8 Å². The van der Waals surface area contributed by atoms with E-state index in [2.05, 4.69) is 12.1 Å². The molecule has 0 heterocycles. The van der Waals surface area contributed by atoms with Crippen molar-refractivity contribution in [2.45, 2.75) is 13.8 Å². The SMILES string of the molecule is CC.O=c1c#cc2ccccc2c2ccccc12. The highest BCUT2D eigenvalue weighted by Gasteiger charge is 1.99. The molecule has 1 nitrogen and oxygen atoms in total. The summed E-state index contributed by atoms with van der Waals surface area (Å²) in [5.41, 5.74) is -0.105. The van der Waals surface area contributed by atoms with Gasteiger partial charge in [-0.2, -0.15) is 0 Å². The lowest BCUT2D eigenvalue weighted by atomic mass is 10.1. The smallest absolute Gasteiger partial charge is 0.236 e. The van der Waals surface area contributed by atoms with Crippen LogP contribution < -0.4 is 5.43 Å². The Morgan fingerprint density at radius 2 is 1.28 bits per heavy atom. The summed E-state index contributed by atoms with van der Waals surface area (Å²) in [4.78, 5) is 11.8. The first-order valence-electron chi connectivity index (χ1n) is 6.11. The van der Waals surface area contributed by atoms with Crippen molar-refractivity contribution in [3.05, 3.63) is 70.9 Å². The Balaban J connectivity index is 0.000000574. The minimum atomic E-state index is -0.105. The molecule has 88 valence electrons. The molecule has 0 aliphatic rings. The largest absolute Gasteiger partial charge is 0.279 e. The molecule has 0 radical (unpaired) electrons. The van der Waals surface area contributed by atoms with E-state index < -0.39 is 0 Å². The molecule has 0 bridgehead atoms. The van der Waals surface area contributed by atoms with Gasteiger partial charge in [-0.15, -0.1) is 0 Å². The molecule has 18 heavy (non-hydrogen) atoms. The third kappa shape index (κ3) is 2.06. The van der Waals surface area contributed by atoms with E-state index in [1.165, 1.54) is 0 Å². The lowest BCUT2D eigenvalue weighted by Gasteiger charge is -1.95. The summed E-state index contributed by atoms with van der Waals surface area (Å²) >= 11 is 0. The first kappa shape index (κ1) is 12.1. The number of rotatable bonds is 0. The summed E-state index contributed by atoms with van der Waals surface area (Å²) in [6, 6.07) is 21.0. The Morgan fingerprint density at radius 1 is 0.722 bits per heavy atom. The summed E-state index contributed by atoms with van der Waals surface area (Å²) in [5, 5.41) is 3.61. The molecule has 3 aromatic rings. The van der Waals surface area contributed by atoms with Gasteiger partial charge in [0.15, 0.2) is 0 Å². The van der Waals surface area contributed by atoms with Crippen molar-refractivity contribution in [2.24, 2.45) is 0 Å². The lowest BCUT2D eigenvalue weighted by molar-refractivity contribution is 1.50. The topological polar surface area (TPSA) is 17.1 Å². The maximum atomic E-state index is 11.8. The third-order valence-corrected chi connectivity index (χ3v) is 2.70. The second-order valence-electron chi connectivity index (χ2n) is 3.67. The maximum absolute atomic E-state index is 11.8. The molecule has 3 aromatic carbocycles. The molecule has 0 spiro atoms. The van der Waals surface area contributed by atoms with E-state index >= 15 is 0 Å². The van der Waals surface area contributed by atoms with E-state index in [4.69, 9.17) is 0 Å². The molecule has 3 rings (SSSR count). The molecule has 0 saturated carbocycles. The molecule has 0 N–H and O–H groups in total. The quantitative estimate of drug-likeness (QED) is 0.575. The lowest BCUT2D eigenvalue weighted by Crippen LogP contribution is -1.92. The molecule has 0 atom stereocenters. The van der Waals surface area contributed by atoms with Crippen LogP contribution in [0.2, 0.25) is 0 Å². The van der Waals surface area contributed by atoms with E-state index in [0.717, 1.165) is 16.2 Å². The van der Waals surface area contributed by atoms with Gasteiger partial charge in [0.1, 0.15) is 0 Å². The van der Waals surface area contributed by atoms with Gasteiger partial charge in [0.25, 0.3) is 0 Å². The molecule has 0 aromatic heterocycles. The Labute approximate surface area is 107 Å². The fourth-order valence-electron chi connectivity index (χ4n) is 1.93. The standard InChI is InChI=1S/C15H8O.C2H6/c16-15-10-9-11-5-1-2-6-12(11)13-7-3-4-8-14(13)15;1-2/h1-8H;1-2H3. The molecular weight excluding hydrogens is 220 g/mol. The van der Waals surface area contributed by atoms with E-state index in [-0.39, 0.29) is 5.43 Å². The van der Waals surface area contributed by atoms with Crippen molar-refractivity contribution >= 4 is 21.5 Å². The summed E-state index contributed by atoms with van der Waals surface area (Å²) in [6.45, 7) is 4.00. The van der Waals surface area contributed by atoms with Crippen LogP contribution in [-0.4, -0.2) is 0 Å². The number of benzene rings is 2. The van der Waals surface area contributed by atoms with Crippen LogP contribution in [0.15, 0.2) is 53.3 Å². The van der Waals surface area contributed by atoms with Gasteiger partial charge in [-0.3, -0.25) is 4.79 Å². The minimum Gasteiger partial charge on any atom is -0.279 e. The zero-order valence-corrected chi connectivity index (χ0v) is 10.5.